The molecule has 0 unspecified atom stereocenters. The average Bonchev–Trinajstić information content (AvgIpc) is 2.77. The summed E-state index contributed by atoms with van der Waals surface area (Å²) < 4.78 is 33.1. The summed E-state index contributed by atoms with van der Waals surface area (Å²) in [6, 6.07) is 16.4. The zero-order chi connectivity index (χ0) is 22.4. The van der Waals surface area contributed by atoms with E-state index in [1.807, 2.05) is 36.4 Å². The Bertz CT molecular complexity index is 1110. The molecule has 0 bridgehead atoms. The van der Waals surface area contributed by atoms with Gasteiger partial charge in [-0.15, -0.1) is 0 Å². The van der Waals surface area contributed by atoms with Crippen molar-refractivity contribution in [2.45, 2.75) is 31.4 Å². The number of aromatic nitrogens is 1. The second kappa shape index (κ2) is 9.72. The summed E-state index contributed by atoms with van der Waals surface area (Å²) in [5.74, 6) is -0.879. The number of nitrogens with zero attached hydrogens (tertiary/aromatic N) is 1. The van der Waals surface area contributed by atoms with Crippen LogP contribution in [0.15, 0.2) is 78.0 Å². The van der Waals surface area contributed by atoms with Gasteiger partial charge in [-0.2, -0.15) is 4.72 Å². The Kier molecular flexibility index (Phi) is 7.04. The minimum Gasteiger partial charge on any atom is -0.489 e. The lowest BCUT2D eigenvalue weighted by molar-refractivity contribution is -0.140. The molecular weight excluding hydrogens is 416 g/mol. The summed E-state index contributed by atoms with van der Waals surface area (Å²) in [6.45, 7) is 3.71. The van der Waals surface area contributed by atoms with Crippen molar-refractivity contribution in [3.63, 3.8) is 0 Å². The third-order valence-corrected chi connectivity index (χ3v) is 6.15. The van der Waals surface area contributed by atoms with Crippen LogP contribution in [-0.2, 0) is 21.4 Å². The smallest absolute Gasteiger partial charge is 0.322 e. The first-order chi connectivity index (χ1) is 14.8. The SMILES string of the molecule is CC(C)[C@@H](NS(=O)(=O)c1ccc(-c2ccc(OCc3cccnc3)cc2)cc1)C(=O)O. The molecule has 0 saturated carbocycles. The molecule has 0 radical (unpaired) electrons. The Morgan fingerprint density at radius 2 is 1.65 bits per heavy atom. The predicted octanol–water partition coefficient (Wildman–Crippen LogP) is 3.72. The third-order valence-electron chi connectivity index (χ3n) is 4.70. The van der Waals surface area contributed by atoms with Crippen molar-refractivity contribution >= 4 is 16.0 Å². The highest BCUT2D eigenvalue weighted by molar-refractivity contribution is 7.89. The minimum atomic E-state index is -3.94. The van der Waals surface area contributed by atoms with Crippen molar-refractivity contribution in [3.05, 3.63) is 78.6 Å². The Hall–Kier alpha value is -3.23. The van der Waals surface area contributed by atoms with E-state index in [0.29, 0.717) is 12.4 Å². The van der Waals surface area contributed by atoms with Crippen LogP contribution in [0.25, 0.3) is 11.1 Å². The van der Waals surface area contributed by atoms with Crippen LogP contribution in [0.5, 0.6) is 5.75 Å². The Morgan fingerprint density at radius 1 is 1.03 bits per heavy atom. The van der Waals surface area contributed by atoms with Crippen molar-refractivity contribution in [3.8, 4) is 16.9 Å². The summed E-state index contributed by atoms with van der Waals surface area (Å²) in [5.41, 5.74) is 2.70. The van der Waals surface area contributed by atoms with Crippen LogP contribution in [0.3, 0.4) is 0 Å². The van der Waals surface area contributed by atoms with Crippen molar-refractivity contribution in [1.29, 1.82) is 0 Å². The molecule has 0 aliphatic heterocycles. The van der Waals surface area contributed by atoms with Gasteiger partial charge >= 0.3 is 5.97 Å². The predicted molar refractivity (Wildman–Crippen MR) is 117 cm³/mol. The fraction of sp³-hybridized carbons (Fsp3) is 0.217. The lowest BCUT2D eigenvalue weighted by atomic mass is 10.1. The van der Waals surface area contributed by atoms with Gasteiger partial charge in [0.2, 0.25) is 10.0 Å². The van der Waals surface area contributed by atoms with Crippen LogP contribution < -0.4 is 9.46 Å². The van der Waals surface area contributed by atoms with E-state index in [0.717, 1.165) is 16.7 Å². The molecule has 2 N–H and O–H groups in total. The van der Waals surface area contributed by atoms with E-state index in [9.17, 15) is 18.3 Å². The number of carboxylic acid groups (broad SMARTS) is 1. The van der Waals surface area contributed by atoms with Crippen LogP contribution in [-0.4, -0.2) is 30.5 Å². The Morgan fingerprint density at radius 3 is 2.16 bits per heavy atom. The van der Waals surface area contributed by atoms with E-state index in [-0.39, 0.29) is 10.8 Å². The Labute approximate surface area is 181 Å². The molecule has 162 valence electrons. The number of carboxylic acids is 1. The highest BCUT2D eigenvalue weighted by Crippen LogP contribution is 2.24. The summed E-state index contributed by atoms with van der Waals surface area (Å²) in [4.78, 5) is 15.4. The number of benzene rings is 2. The molecule has 1 atom stereocenters. The highest BCUT2D eigenvalue weighted by atomic mass is 32.2. The number of carbonyl (C=O) groups is 1. The first kappa shape index (κ1) is 22.5. The molecule has 7 nitrogen and oxygen atoms in total. The van der Waals surface area contributed by atoms with Crippen LogP contribution in [0.1, 0.15) is 19.4 Å². The van der Waals surface area contributed by atoms with Crippen LogP contribution >= 0.6 is 0 Å². The molecule has 1 heterocycles. The summed E-state index contributed by atoms with van der Waals surface area (Å²) >= 11 is 0. The van der Waals surface area contributed by atoms with E-state index >= 15 is 0 Å². The number of hydrogen-bond donors (Lipinski definition) is 2. The van der Waals surface area contributed by atoms with Gasteiger partial charge in [0.05, 0.1) is 4.90 Å². The summed E-state index contributed by atoms with van der Waals surface area (Å²) in [6.07, 6.45) is 3.46. The standard InChI is InChI=1S/C23H24N2O5S/c1-16(2)22(23(26)27)25-31(28,29)21-11-7-19(8-12-21)18-5-9-20(10-6-18)30-15-17-4-3-13-24-14-17/h3-14,16,22,25H,15H2,1-2H3,(H,26,27)/t22-/m1/s1. The first-order valence-electron chi connectivity index (χ1n) is 9.73. The number of sulfonamides is 1. The number of nitrogens with one attached hydrogen (secondary N) is 1. The van der Waals surface area contributed by atoms with Crippen molar-refractivity contribution < 1.29 is 23.1 Å². The van der Waals surface area contributed by atoms with E-state index in [1.165, 1.54) is 12.1 Å². The Balaban J connectivity index is 1.68. The van der Waals surface area contributed by atoms with Gasteiger partial charge in [-0.1, -0.05) is 44.2 Å². The third kappa shape index (κ3) is 5.90. The molecule has 0 spiro atoms. The number of hydrogen-bond acceptors (Lipinski definition) is 5. The van der Waals surface area contributed by atoms with Gasteiger partial charge in [-0.25, -0.2) is 8.42 Å². The minimum absolute atomic E-state index is 0.0135. The average molecular weight is 441 g/mol. The monoisotopic (exact) mass is 440 g/mol. The quantitative estimate of drug-likeness (QED) is 0.525. The first-order valence-corrected chi connectivity index (χ1v) is 11.2. The van der Waals surface area contributed by atoms with Gasteiger partial charge < -0.3 is 9.84 Å². The van der Waals surface area contributed by atoms with E-state index in [4.69, 9.17) is 4.74 Å². The topological polar surface area (TPSA) is 106 Å². The van der Waals surface area contributed by atoms with E-state index < -0.39 is 22.0 Å². The molecule has 0 aliphatic carbocycles. The van der Waals surface area contributed by atoms with Crippen LogP contribution in [0, 0.1) is 5.92 Å². The van der Waals surface area contributed by atoms with E-state index in [1.54, 1.807) is 38.4 Å². The lowest BCUT2D eigenvalue weighted by Crippen LogP contribution is -2.44. The molecule has 0 saturated heterocycles. The summed E-state index contributed by atoms with van der Waals surface area (Å²) in [7, 11) is -3.94. The maximum Gasteiger partial charge on any atom is 0.322 e. The van der Waals surface area contributed by atoms with Gasteiger partial charge in [0.1, 0.15) is 18.4 Å². The molecule has 31 heavy (non-hydrogen) atoms. The second-order valence-electron chi connectivity index (χ2n) is 7.38. The number of rotatable bonds is 9. The molecular formula is C23H24N2O5S. The van der Waals surface area contributed by atoms with Crippen molar-refractivity contribution in [1.82, 2.24) is 9.71 Å². The molecule has 0 aliphatic rings. The van der Waals surface area contributed by atoms with Crippen molar-refractivity contribution in [2.24, 2.45) is 5.92 Å². The molecule has 0 fully saturated rings. The fourth-order valence-electron chi connectivity index (χ4n) is 2.93. The summed E-state index contributed by atoms with van der Waals surface area (Å²) in [5, 5.41) is 9.23. The molecule has 3 rings (SSSR count). The zero-order valence-electron chi connectivity index (χ0n) is 17.2. The maximum atomic E-state index is 12.5. The number of aliphatic carboxylic acids is 1. The molecule has 8 heteroatoms. The molecule has 0 amide bonds. The highest BCUT2D eigenvalue weighted by Gasteiger charge is 2.27. The lowest BCUT2D eigenvalue weighted by Gasteiger charge is -2.18. The van der Waals surface area contributed by atoms with Crippen LogP contribution in [0.4, 0.5) is 0 Å². The fourth-order valence-corrected chi connectivity index (χ4v) is 4.26. The number of pyridine rings is 1. The molecule has 1 aromatic heterocycles. The van der Waals surface area contributed by atoms with Gasteiger partial charge in [-0.05, 0) is 47.4 Å². The van der Waals surface area contributed by atoms with Gasteiger partial charge in [-0.3, -0.25) is 9.78 Å². The second-order valence-corrected chi connectivity index (χ2v) is 9.09. The maximum absolute atomic E-state index is 12.5. The van der Waals surface area contributed by atoms with E-state index in [2.05, 4.69) is 9.71 Å². The molecule has 2 aromatic carbocycles. The zero-order valence-corrected chi connectivity index (χ0v) is 18.0. The van der Waals surface area contributed by atoms with Crippen molar-refractivity contribution in [2.75, 3.05) is 0 Å². The van der Waals surface area contributed by atoms with Gasteiger partial charge in [0.15, 0.2) is 0 Å². The largest absolute Gasteiger partial charge is 0.489 e. The van der Waals surface area contributed by atoms with Gasteiger partial charge in [0, 0.05) is 18.0 Å². The molecule has 3 aromatic rings. The normalized spacial score (nSPS) is 12.5. The van der Waals surface area contributed by atoms with Gasteiger partial charge in [0.25, 0.3) is 0 Å². The van der Waals surface area contributed by atoms with Crippen LogP contribution in [0.2, 0.25) is 0 Å². The number of ether oxygens (including phenoxy) is 1.